The molecule has 2 heterocycles. The number of aryl methyl sites for hydroxylation is 2. The molecule has 3 aromatic rings. The molecule has 0 saturated carbocycles. The molecule has 0 aliphatic heterocycles. The zero-order valence-corrected chi connectivity index (χ0v) is 15.2. The lowest BCUT2D eigenvalue weighted by atomic mass is 10.1. The molecule has 25 heavy (non-hydrogen) atoms. The molecule has 1 N–H and O–H groups in total. The van der Waals surface area contributed by atoms with Gasteiger partial charge >= 0.3 is 0 Å². The van der Waals surface area contributed by atoms with Crippen LogP contribution in [-0.2, 0) is 0 Å². The lowest BCUT2D eigenvalue weighted by Gasteiger charge is -2.22. The summed E-state index contributed by atoms with van der Waals surface area (Å²) in [5.74, 6) is 0.616. The Morgan fingerprint density at radius 3 is 2.60 bits per heavy atom. The Kier molecular flexibility index (Phi) is 4.74. The number of pyridine rings is 1. The number of fused-ring (bicyclic) bond motifs is 1. The van der Waals surface area contributed by atoms with Crippen LogP contribution in [0.2, 0.25) is 0 Å². The normalized spacial score (nSPS) is 10.9. The molecule has 3 rings (SSSR count). The minimum Gasteiger partial charge on any atom is -0.372 e. The van der Waals surface area contributed by atoms with E-state index in [9.17, 15) is 4.79 Å². The van der Waals surface area contributed by atoms with E-state index in [1.165, 1.54) is 5.69 Å². The molecule has 0 aliphatic rings. The summed E-state index contributed by atoms with van der Waals surface area (Å²) >= 11 is 0. The fourth-order valence-corrected chi connectivity index (χ4v) is 3.11. The lowest BCUT2D eigenvalue weighted by molar-refractivity contribution is 0.102. The topological polar surface area (TPSA) is 49.6 Å². The molecule has 0 atom stereocenters. The number of hydrogen-bond acceptors (Lipinski definition) is 3. The van der Waals surface area contributed by atoms with Crippen molar-refractivity contribution in [3.63, 3.8) is 0 Å². The third-order valence-electron chi connectivity index (χ3n) is 4.53. The molecule has 5 nitrogen and oxygen atoms in total. The van der Waals surface area contributed by atoms with Crippen LogP contribution in [0.15, 0.2) is 42.6 Å². The van der Waals surface area contributed by atoms with Crippen LogP contribution in [-0.4, -0.2) is 28.4 Å². The van der Waals surface area contributed by atoms with Gasteiger partial charge in [-0.15, -0.1) is 0 Å². The van der Waals surface area contributed by atoms with Crippen LogP contribution in [0.4, 0.5) is 11.4 Å². The second kappa shape index (κ2) is 6.97. The maximum Gasteiger partial charge on any atom is 0.276 e. The number of benzene rings is 1. The molecule has 0 fully saturated rings. The zero-order valence-electron chi connectivity index (χ0n) is 15.2. The van der Waals surface area contributed by atoms with E-state index in [-0.39, 0.29) is 5.91 Å². The largest absolute Gasteiger partial charge is 0.372 e. The van der Waals surface area contributed by atoms with Crippen LogP contribution in [0.1, 0.15) is 35.7 Å². The summed E-state index contributed by atoms with van der Waals surface area (Å²) in [4.78, 5) is 19.4. The van der Waals surface area contributed by atoms with Crippen molar-refractivity contribution in [2.45, 2.75) is 27.7 Å². The number of rotatable bonds is 5. The van der Waals surface area contributed by atoms with E-state index in [1.54, 1.807) is 0 Å². The minimum atomic E-state index is -0.185. The molecule has 5 heteroatoms. The third-order valence-corrected chi connectivity index (χ3v) is 4.53. The number of amides is 1. The van der Waals surface area contributed by atoms with E-state index in [4.69, 9.17) is 0 Å². The van der Waals surface area contributed by atoms with Crippen molar-refractivity contribution < 1.29 is 4.79 Å². The molecule has 0 spiro atoms. The first-order chi connectivity index (χ1) is 12.0. The van der Waals surface area contributed by atoms with Gasteiger partial charge < -0.3 is 14.6 Å². The van der Waals surface area contributed by atoms with Crippen molar-refractivity contribution in [1.82, 2.24) is 9.38 Å². The van der Waals surface area contributed by atoms with Crippen molar-refractivity contribution in [1.29, 1.82) is 0 Å². The highest BCUT2D eigenvalue weighted by Crippen LogP contribution is 2.23. The summed E-state index contributed by atoms with van der Waals surface area (Å²) < 4.78 is 1.92. The predicted molar refractivity (Wildman–Crippen MR) is 103 cm³/mol. The number of anilines is 2. The molecule has 0 radical (unpaired) electrons. The molecule has 2 aromatic heterocycles. The SMILES string of the molecule is CCN(CC)c1ccc(NC(=O)c2nc(C)n3ccccc23)c(C)c1. The van der Waals surface area contributed by atoms with Crippen LogP contribution in [0.5, 0.6) is 0 Å². The summed E-state index contributed by atoms with van der Waals surface area (Å²) in [6.07, 6.45) is 1.92. The average Bonchev–Trinajstić information content (AvgIpc) is 2.96. The van der Waals surface area contributed by atoms with Gasteiger partial charge in [-0.2, -0.15) is 0 Å². The van der Waals surface area contributed by atoms with E-state index in [0.717, 1.165) is 35.7 Å². The van der Waals surface area contributed by atoms with Crippen LogP contribution < -0.4 is 10.2 Å². The molecule has 1 amide bonds. The summed E-state index contributed by atoms with van der Waals surface area (Å²) in [6, 6.07) is 11.9. The number of nitrogens with zero attached hydrogens (tertiary/aromatic N) is 3. The molecule has 0 saturated heterocycles. The van der Waals surface area contributed by atoms with Crippen molar-refractivity contribution in [3.8, 4) is 0 Å². The Bertz CT molecular complexity index is 909. The second-order valence-corrected chi connectivity index (χ2v) is 6.09. The lowest BCUT2D eigenvalue weighted by Crippen LogP contribution is -2.22. The molecule has 0 bridgehead atoms. The first-order valence-corrected chi connectivity index (χ1v) is 8.65. The van der Waals surface area contributed by atoms with Crippen LogP contribution in [0.25, 0.3) is 5.52 Å². The quantitative estimate of drug-likeness (QED) is 0.765. The van der Waals surface area contributed by atoms with Crippen LogP contribution in [0.3, 0.4) is 0 Å². The first kappa shape index (κ1) is 17.0. The van der Waals surface area contributed by atoms with E-state index < -0.39 is 0 Å². The van der Waals surface area contributed by atoms with Gasteiger partial charge in [0.05, 0.1) is 5.52 Å². The van der Waals surface area contributed by atoms with Gasteiger partial charge in [0.15, 0.2) is 5.69 Å². The third kappa shape index (κ3) is 3.22. The van der Waals surface area contributed by atoms with Gasteiger partial charge in [-0.3, -0.25) is 4.79 Å². The van der Waals surface area contributed by atoms with E-state index >= 15 is 0 Å². The number of nitrogens with one attached hydrogen (secondary N) is 1. The van der Waals surface area contributed by atoms with Gasteiger partial charge in [-0.05, 0) is 63.6 Å². The van der Waals surface area contributed by atoms with Crippen molar-refractivity contribution in [3.05, 3.63) is 59.7 Å². The maximum atomic E-state index is 12.7. The van der Waals surface area contributed by atoms with Gasteiger partial charge in [-0.25, -0.2) is 4.98 Å². The van der Waals surface area contributed by atoms with Crippen molar-refractivity contribution >= 4 is 22.8 Å². The molecule has 130 valence electrons. The van der Waals surface area contributed by atoms with Gasteiger partial charge in [-0.1, -0.05) is 6.07 Å². The van der Waals surface area contributed by atoms with Gasteiger partial charge in [0.2, 0.25) is 0 Å². The molecule has 1 aromatic carbocycles. The monoisotopic (exact) mass is 336 g/mol. The fraction of sp³-hybridized carbons (Fsp3) is 0.300. The van der Waals surface area contributed by atoms with Crippen molar-refractivity contribution in [2.24, 2.45) is 0 Å². The van der Waals surface area contributed by atoms with Crippen LogP contribution >= 0.6 is 0 Å². The fourth-order valence-electron chi connectivity index (χ4n) is 3.11. The average molecular weight is 336 g/mol. The number of imidazole rings is 1. The van der Waals surface area contributed by atoms with Crippen LogP contribution in [0, 0.1) is 13.8 Å². The van der Waals surface area contributed by atoms with Gasteiger partial charge in [0.25, 0.3) is 5.91 Å². The standard InChI is InChI=1S/C20H24N4O/c1-5-23(6-2)16-10-11-17(14(3)13-16)22-20(25)19-18-9-7-8-12-24(18)15(4)21-19/h7-13H,5-6H2,1-4H3,(H,22,25). The highest BCUT2D eigenvalue weighted by molar-refractivity contribution is 6.08. The number of carbonyl (C=O) groups is 1. The summed E-state index contributed by atoms with van der Waals surface area (Å²) in [5, 5.41) is 3.00. The number of carbonyl (C=O) groups excluding carboxylic acids is 1. The first-order valence-electron chi connectivity index (χ1n) is 8.65. The Hall–Kier alpha value is -2.82. The molecule has 0 aliphatic carbocycles. The van der Waals surface area contributed by atoms with E-state index in [1.807, 2.05) is 54.8 Å². The van der Waals surface area contributed by atoms with Crippen molar-refractivity contribution in [2.75, 3.05) is 23.3 Å². The summed E-state index contributed by atoms with van der Waals surface area (Å²) in [6.45, 7) is 10.1. The predicted octanol–water partition coefficient (Wildman–Crippen LogP) is 4.05. The zero-order chi connectivity index (χ0) is 18.0. The molecular formula is C20H24N4O. The second-order valence-electron chi connectivity index (χ2n) is 6.09. The minimum absolute atomic E-state index is 0.185. The molecule has 0 unspecified atom stereocenters. The Morgan fingerprint density at radius 2 is 1.92 bits per heavy atom. The Morgan fingerprint density at radius 1 is 1.16 bits per heavy atom. The number of hydrogen-bond donors (Lipinski definition) is 1. The number of aromatic nitrogens is 2. The Balaban J connectivity index is 1.88. The van der Waals surface area contributed by atoms with Gasteiger partial charge in [0, 0.05) is 30.7 Å². The summed E-state index contributed by atoms with van der Waals surface area (Å²) in [7, 11) is 0. The Labute approximate surface area is 148 Å². The maximum absolute atomic E-state index is 12.7. The highest BCUT2D eigenvalue weighted by atomic mass is 16.1. The highest BCUT2D eigenvalue weighted by Gasteiger charge is 2.16. The van der Waals surface area contributed by atoms with E-state index in [2.05, 4.69) is 35.1 Å². The smallest absolute Gasteiger partial charge is 0.276 e. The van der Waals surface area contributed by atoms with Gasteiger partial charge in [0.1, 0.15) is 5.82 Å². The van der Waals surface area contributed by atoms with E-state index in [0.29, 0.717) is 5.69 Å². The summed E-state index contributed by atoms with van der Waals surface area (Å²) in [5.41, 5.74) is 4.29. The molecular weight excluding hydrogens is 312 g/mol.